The molecule has 0 spiro atoms. The Morgan fingerprint density at radius 1 is 1.17 bits per heavy atom. The standard InChI is InChI=1S/C21H33ClN4O3S/c1-15(2)30(27,28)26-9-5-19(14-26)29-10-6-17-11-20(17)16-3-7-25(8-4-16)21-23-12-18(22)13-24-21/h12-13,15-17,19-20H,3-11,14H2,1-2H3/t17-,19-,20-/m1/s1. The average molecular weight is 457 g/mol. The zero-order chi connectivity index (χ0) is 21.3. The Bertz CT molecular complexity index is 812. The van der Waals surface area contributed by atoms with Crippen molar-refractivity contribution in [3.63, 3.8) is 0 Å². The first-order chi connectivity index (χ1) is 14.3. The second kappa shape index (κ2) is 9.27. The van der Waals surface area contributed by atoms with Gasteiger partial charge >= 0.3 is 0 Å². The van der Waals surface area contributed by atoms with E-state index in [0.29, 0.717) is 18.1 Å². The first-order valence-corrected chi connectivity index (χ1v) is 13.1. The van der Waals surface area contributed by atoms with Crippen LogP contribution in [-0.2, 0) is 14.8 Å². The van der Waals surface area contributed by atoms with Gasteiger partial charge in [-0.1, -0.05) is 11.6 Å². The maximum Gasteiger partial charge on any atom is 0.225 e. The van der Waals surface area contributed by atoms with Crippen LogP contribution in [0.5, 0.6) is 0 Å². The molecule has 3 heterocycles. The number of piperidine rings is 1. The van der Waals surface area contributed by atoms with E-state index in [1.807, 2.05) is 0 Å². The van der Waals surface area contributed by atoms with E-state index in [1.165, 1.54) is 19.3 Å². The van der Waals surface area contributed by atoms with Crippen LogP contribution in [0, 0.1) is 17.8 Å². The monoisotopic (exact) mass is 456 g/mol. The second-order valence-electron chi connectivity index (χ2n) is 9.21. The summed E-state index contributed by atoms with van der Waals surface area (Å²) < 4.78 is 32.2. The van der Waals surface area contributed by atoms with Crippen LogP contribution in [0.4, 0.5) is 5.95 Å². The molecule has 0 bridgehead atoms. The predicted octanol–water partition coefficient (Wildman–Crippen LogP) is 3.20. The van der Waals surface area contributed by atoms with Gasteiger partial charge in [-0.15, -0.1) is 0 Å². The SMILES string of the molecule is CC(C)S(=O)(=O)N1CC[C@@H](OCC[C@@H]2C[C@@H]2C2CCN(c3ncc(Cl)cn3)CC2)C1. The van der Waals surface area contributed by atoms with Gasteiger partial charge in [-0.3, -0.25) is 0 Å². The van der Waals surface area contributed by atoms with Crippen molar-refractivity contribution in [2.24, 2.45) is 17.8 Å². The Kier molecular flexibility index (Phi) is 6.87. The summed E-state index contributed by atoms with van der Waals surface area (Å²) in [4.78, 5) is 10.9. The lowest BCUT2D eigenvalue weighted by Gasteiger charge is -2.32. The minimum atomic E-state index is -3.15. The third-order valence-corrected chi connectivity index (χ3v) is 9.36. The van der Waals surface area contributed by atoms with Crippen molar-refractivity contribution in [1.82, 2.24) is 14.3 Å². The number of nitrogens with zero attached hydrogens (tertiary/aromatic N) is 4. The number of anilines is 1. The summed E-state index contributed by atoms with van der Waals surface area (Å²) in [5.41, 5.74) is 0. The highest BCUT2D eigenvalue weighted by atomic mass is 35.5. The third kappa shape index (κ3) is 5.09. The molecule has 0 N–H and O–H groups in total. The summed E-state index contributed by atoms with van der Waals surface area (Å²) in [7, 11) is -3.15. The molecule has 0 radical (unpaired) electrons. The lowest BCUT2D eigenvalue weighted by Crippen LogP contribution is -2.35. The summed E-state index contributed by atoms with van der Waals surface area (Å²) in [5, 5.41) is 0.213. The molecule has 2 aliphatic heterocycles. The van der Waals surface area contributed by atoms with E-state index in [-0.39, 0.29) is 11.4 Å². The minimum absolute atomic E-state index is 0.0540. The molecule has 0 unspecified atom stereocenters. The molecule has 1 aliphatic carbocycles. The largest absolute Gasteiger partial charge is 0.377 e. The number of hydrogen-bond donors (Lipinski definition) is 0. The van der Waals surface area contributed by atoms with Gasteiger partial charge in [0.05, 0.1) is 28.8 Å². The predicted molar refractivity (Wildman–Crippen MR) is 118 cm³/mol. The molecule has 4 rings (SSSR count). The molecule has 168 valence electrons. The van der Waals surface area contributed by atoms with Crippen molar-refractivity contribution in [1.29, 1.82) is 0 Å². The van der Waals surface area contributed by atoms with Gasteiger partial charge in [0, 0.05) is 32.8 Å². The summed E-state index contributed by atoms with van der Waals surface area (Å²) in [6.07, 6.45) is 8.98. The Morgan fingerprint density at radius 2 is 1.87 bits per heavy atom. The van der Waals surface area contributed by atoms with Gasteiger partial charge in [0.2, 0.25) is 16.0 Å². The summed E-state index contributed by atoms with van der Waals surface area (Å²) in [6.45, 7) is 7.35. The number of ether oxygens (including phenoxy) is 1. The second-order valence-corrected chi connectivity index (χ2v) is 12.1. The topological polar surface area (TPSA) is 75.6 Å². The van der Waals surface area contributed by atoms with Crippen molar-refractivity contribution in [2.75, 3.05) is 37.7 Å². The molecule has 0 aromatic carbocycles. The van der Waals surface area contributed by atoms with E-state index < -0.39 is 10.0 Å². The third-order valence-electron chi connectivity index (χ3n) is 6.92. The molecule has 1 aromatic rings. The number of hydrogen-bond acceptors (Lipinski definition) is 6. The molecular formula is C21H33ClN4O3S. The first kappa shape index (κ1) is 22.2. The van der Waals surface area contributed by atoms with Gasteiger partial charge in [0.15, 0.2) is 0 Å². The molecular weight excluding hydrogens is 424 g/mol. The van der Waals surface area contributed by atoms with Crippen LogP contribution < -0.4 is 4.90 Å². The highest BCUT2D eigenvalue weighted by Crippen LogP contribution is 2.50. The summed E-state index contributed by atoms with van der Waals surface area (Å²) in [6, 6.07) is 0. The highest BCUT2D eigenvalue weighted by molar-refractivity contribution is 7.89. The van der Waals surface area contributed by atoms with E-state index in [4.69, 9.17) is 16.3 Å². The van der Waals surface area contributed by atoms with Crippen molar-refractivity contribution < 1.29 is 13.2 Å². The van der Waals surface area contributed by atoms with Gasteiger partial charge in [-0.25, -0.2) is 18.4 Å². The van der Waals surface area contributed by atoms with Crippen LogP contribution >= 0.6 is 11.6 Å². The molecule has 2 saturated heterocycles. The smallest absolute Gasteiger partial charge is 0.225 e. The highest BCUT2D eigenvalue weighted by Gasteiger charge is 2.43. The van der Waals surface area contributed by atoms with Crippen molar-refractivity contribution in [3.05, 3.63) is 17.4 Å². The maximum absolute atomic E-state index is 12.3. The van der Waals surface area contributed by atoms with Gasteiger partial charge in [-0.2, -0.15) is 4.31 Å². The zero-order valence-electron chi connectivity index (χ0n) is 17.9. The lowest BCUT2D eigenvalue weighted by molar-refractivity contribution is 0.0581. The quantitative estimate of drug-likeness (QED) is 0.597. The van der Waals surface area contributed by atoms with Crippen LogP contribution in [0.3, 0.4) is 0 Å². The average Bonchev–Trinajstić information content (AvgIpc) is 3.34. The number of sulfonamides is 1. The Balaban J connectivity index is 1.14. The normalized spacial score (nSPS) is 28.4. The van der Waals surface area contributed by atoms with Gasteiger partial charge in [-0.05, 0) is 63.7 Å². The fourth-order valence-electron chi connectivity index (χ4n) is 4.93. The Hall–Kier alpha value is -0.960. The van der Waals surface area contributed by atoms with E-state index in [9.17, 15) is 8.42 Å². The Labute approximate surface area is 185 Å². The molecule has 3 fully saturated rings. The molecule has 3 aliphatic rings. The van der Waals surface area contributed by atoms with Crippen molar-refractivity contribution in [3.8, 4) is 0 Å². The Morgan fingerprint density at radius 3 is 2.53 bits per heavy atom. The van der Waals surface area contributed by atoms with E-state index in [2.05, 4.69) is 14.9 Å². The molecule has 1 saturated carbocycles. The van der Waals surface area contributed by atoms with Crippen LogP contribution in [0.1, 0.15) is 46.0 Å². The number of rotatable bonds is 8. The van der Waals surface area contributed by atoms with Gasteiger partial charge < -0.3 is 9.64 Å². The van der Waals surface area contributed by atoms with Gasteiger partial charge in [0.1, 0.15) is 0 Å². The van der Waals surface area contributed by atoms with Crippen LogP contribution in [0.15, 0.2) is 12.4 Å². The fourth-order valence-corrected chi connectivity index (χ4v) is 6.35. The number of aromatic nitrogens is 2. The summed E-state index contributed by atoms with van der Waals surface area (Å²) >= 11 is 5.88. The van der Waals surface area contributed by atoms with E-state index >= 15 is 0 Å². The van der Waals surface area contributed by atoms with E-state index in [0.717, 1.165) is 56.2 Å². The summed E-state index contributed by atoms with van der Waals surface area (Å²) in [5.74, 6) is 3.16. The first-order valence-electron chi connectivity index (χ1n) is 11.2. The zero-order valence-corrected chi connectivity index (χ0v) is 19.5. The van der Waals surface area contributed by atoms with Gasteiger partial charge in [0.25, 0.3) is 0 Å². The van der Waals surface area contributed by atoms with E-state index in [1.54, 1.807) is 30.5 Å². The molecule has 30 heavy (non-hydrogen) atoms. The van der Waals surface area contributed by atoms with Crippen molar-refractivity contribution >= 4 is 27.6 Å². The van der Waals surface area contributed by atoms with Crippen molar-refractivity contribution in [2.45, 2.75) is 57.3 Å². The fraction of sp³-hybridized carbons (Fsp3) is 0.810. The minimum Gasteiger partial charge on any atom is -0.377 e. The van der Waals surface area contributed by atoms with Crippen LogP contribution in [0.25, 0.3) is 0 Å². The number of halogens is 1. The van der Waals surface area contributed by atoms with Crippen LogP contribution in [0.2, 0.25) is 5.02 Å². The molecule has 7 nitrogen and oxygen atoms in total. The molecule has 3 atom stereocenters. The lowest BCUT2D eigenvalue weighted by atomic mass is 9.90. The molecule has 0 amide bonds. The van der Waals surface area contributed by atoms with Crippen LogP contribution in [-0.4, -0.2) is 66.8 Å². The molecule has 1 aromatic heterocycles. The molecule has 9 heteroatoms. The maximum atomic E-state index is 12.3.